The number of anilines is 1. The van der Waals surface area contributed by atoms with Crippen LogP contribution >= 0.6 is 0 Å². The molecule has 2 heterocycles. The lowest BCUT2D eigenvalue weighted by Crippen LogP contribution is -2.24. The van der Waals surface area contributed by atoms with Crippen LogP contribution in [0, 0.1) is 0 Å². The maximum Gasteiger partial charge on any atom is 0.274 e. The molecular weight excluding hydrogens is 306 g/mol. The first-order valence-corrected chi connectivity index (χ1v) is 7.36. The highest BCUT2D eigenvalue weighted by Gasteiger charge is 2.14. The molecule has 0 atom stereocenters. The molecule has 3 aromatic rings. The molecule has 0 saturated carbocycles. The third-order valence-electron chi connectivity index (χ3n) is 3.32. The summed E-state index contributed by atoms with van der Waals surface area (Å²) in [5, 5.41) is 5.47. The van der Waals surface area contributed by atoms with E-state index in [1.54, 1.807) is 60.9 Å². The van der Waals surface area contributed by atoms with Crippen molar-refractivity contribution < 1.29 is 14.0 Å². The fourth-order valence-corrected chi connectivity index (χ4v) is 2.15. The summed E-state index contributed by atoms with van der Waals surface area (Å²) in [6.45, 7) is 0.272. The number of carbonyl (C=O) groups excluding carboxylic acids is 2. The highest BCUT2D eigenvalue weighted by molar-refractivity contribution is 6.08. The first-order valence-electron chi connectivity index (χ1n) is 7.36. The zero-order valence-electron chi connectivity index (χ0n) is 12.7. The Labute approximate surface area is 138 Å². The van der Waals surface area contributed by atoms with E-state index in [1.807, 2.05) is 0 Å². The molecule has 2 N–H and O–H groups in total. The molecule has 0 aliphatic carbocycles. The van der Waals surface area contributed by atoms with E-state index in [-0.39, 0.29) is 24.1 Å². The number of pyridine rings is 1. The van der Waals surface area contributed by atoms with Crippen LogP contribution in [0.25, 0.3) is 0 Å². The van der Waals surface area contributed by atoms with Crippen molar-refractivity contribution in [3.63, 3.8) is 0 Å². The van der Waals surface area contributed by atoms with Crippen molar-refractivity contribution in [2.75, 3.05) is 5.32 Å². The van der Waals surface area contributed by atoms with Crippen molar-refractivity contribution in [1.29, 1.82) is 0 Å². The molecule has 0 saturated heterocycles. The number of rotatable bonds is 5. The molecule has 24 heavy (non-hydrogen) atoms. The zero-order chi connectivity index (χ0) is 16.8. The normalized spacial score (nSPS) is 10.2. The number of nitrogens with one attached hydrogen (secondary N) is 2. The van der Waals surface area contributed by atoms with Crippen LogP contribution in [0.3, 0.4) is 0 Å². The molecular formula is C18H15N3O3. The predicted molar refractivity (Wildman–Crippen MR) is 88.5 cm³/mol. The van der Waals surface area contributed by atoms with Gasteiger partial charge in [-0.1, -0.05) is 18.2 Å². The number of amides is 2. The van der Waals surface area contributed by atoms with E-state index < -0.39 is 0 Å². The number of para-hydroxylation sites is 1. The van der Waals surface area contributed by atoms with Gasteiger partial charge in [-0.3, -0.25) is 14.6 Å². The molecule has 3 rings (SSSR count). The number of nitrogens with zero attached hydrogens (tertiary/aromatic N) is 1. The Balaban J connectivity index is 1.72. The van der Waals surface area contributed by atoms with E-state index in [2.05, 4.69) is 15.6 Å². The summed E-state index contributed by atoms with van der Waals surface area (Å²) in [6.07, 6.45) is 3.08. The standard InChI is InChI=1S/C18H15N3O3/c22-17(20-12-13-6-5-11-24-13)14-7-1-2-8-15(14)21-18(23)16-9-3-4-10-19-16/h1-11H,12H2,(H,20,22)(H,21,23). The van der Waals surface area contributed by atoms with Gasteiger partial charge in [0.25, 0.3) is 11.8 Å². The molecule has 0 radical (unpaired) electrons. The first kappa shape index (κ1) is 15.5. The summed E-state index contributed by atoms with van der Waals surface area (Å²) < 4.78 is 5.18. The van der Waals surface area contributed by atoms with E-state index >= 15 is 0 Å². The second-order valence-electron chi connectivity index (χ2n) is 4.98. The number of hydrogen-bond acceptors (Lipinski definition) is 4. The van der Waals surface area contributed by atoms with E-state index in [0.29, 0.717) is 17.0 Å². The molecule has 1 aromatic carbocycles. The van der Waals surface area contributed by atoms with Crippen LogP contribution in [0.4, 0.5) is 5.69 Å². The second-order valence-corrected chi connectivity index (χ2v) is 4.98. The summed E-state index contributed by atoms with van der Waals surface area (Å²) >= 11 is 0. The van der Waals surface area contributed by atoms with Gasteiger partial charge < -0.3 is 15.1 Å². The third-order valence-corrected chi connectivity index (χ3v) is 3.32. The highest BCUT2D eigenvalue weighted by Crippen LogP contribution is 2.16. The molecule has 0 bridgehead atoms. The van der Waals surface area contributed by atoms with Crippen molar-refractivity contribution in [2.45, 2.75) is 6.54 Å². The molecule has 6 nitrogen and oxygen atoms in total. The molecule has 0 unspecified atom stereocenters. The predicted octanol–water partition coefficient (Wildman–Crippen LogP) is 2.86. The van der Waals surface area contributed by atoms with Gasteiger partial charge in [0, 0.05) is 6.20 Å². The molecule has 6 heteroatoms. The molecule has 0 aliphatic rings. The Morgan fingerprint density at radius 3 is 2.54 bits per heavy atom. The van der Waals surface area contributed by atoms with E-state index in [4.69, 9.17) is 4.42 Å². The fourth-order valence-electron chi connectivity index (χ4n) is 2.15. The number of furan rings is 1. The summed E-state index contributed by atoms with van der Waals surface area (Å²) in [7, 11) is 0. The summed E-state index contributed by atoms with van der Waals surface area (Å²) in [5.74, 6) is -0.0245. The van der Waals surface area contributed by atoms with Gasteiger partial charge in [0.2, 0.25) is 0 Å². The monoisotopic (exact) mass is 321 g/mol. The van der Waals surface area contributed by atoms with Gasteiger partial charge in [-0.15, -0.1) is 0 Å². The second kappa shape index (κ2) is 7.23. The lowest BCUT2D eigenvalue weighted by atomic mass is 10.1. The van der Waals surface area contributed by atoms with Gasteiger partial charge in [-0.05, 0) is 36.4 Å². The molecule has 120 valence electrons. The Morgan fingerprint density at radius 1 is 0.958 bits per heavy atom. The van der Waals surface area contributed by atoms with E-state index in [1.165, 1.54) is 6.20 Å². The van der Waals surface area contributed by atoms with Crippen molar-refractivity contribution in [2.24, 2.45) is 0 Å². The smallest absolute Gasteiger partial charge is 0.274 e. The minimum absolute atomic E-state index is 0.272. The average molecular weight is 321 g/mol. The number of aromatic nitrogens is 1. The maximum atomic E-state index is 12.4. The molecule has 2 aromatic heterocycles. The van der Waals surface area contributed by atoms with Crippen LogP contribution in [0.15, 0.2) is 71.5 Å². The minimum Gasteiger partial charge on any atom is -0.467 e. The SMILES string of the molecule is O=C(Nc1ccccc1C(=O)NCc1ccco1)c1ccccn1. The molecule has 0 aliphatic heterocycles. The van der Waals surface area contributed by atoms with Crippen LogP contribution in [-0.2, 0) is 6.54 Å². The number of carbonyl (C=O) groups is 2. The first-order chi connectivity index (χ1) is 11.7. The molecule has 0 spiro atoms. The van der Waals surface area contributed by atoms with E-state index in [0.717, 1.165) is 0 Å². The van der Waals surface area contributed by atoms with Gasteiger partial charge >= 0.3 is 0 Å². The van der Waals surface area contributed by atoms with Crippen molar-refractivity contribution in [3.8, 4) is 0 Å². The average Bonchev–Trinajstić information content (AvgIpc) is 3.14. The Hall–Kier alpha value is -3.41. The summed E-state index contributed by atoms with van der Waals surface area (Å²) in [6, 6.07) is 15.4. The van der Waals surface area contributed by atoms with Crippen LogP contribution in [0.5, 0.6) is 0 Å². The van der Waals surface area contributed by atoms with Gasteiger partial charge in [-0.25, -0.2) is 0 Å². The lowest BCUT2D eigenvalue weighted by Gasteiger charge is -2.10. The Kier molecular flexibility index (Phi) is 4.67. The quantitative estimate of drug-likeness (QED) is 0.757. The van der Waals surface area contributed by atoms with Crippen molar-refractivity contribution in [3.05, 3.63) is 84.1 Å². The third kappa shape index (κ3) is 3.67. The largest absolute Gasteiger partial charge is 0.467 e. The fraction of sp³-hybridized carbons (Fsp3) is 0.0556. The van der Waals surface area contributed by atoms with Crippen LogP contribution in [0.1, 0.15) is 26.6 Å². The van der Waals surface area contributed by atoms with Crippen LogP contribution < -0.4 is 10.6 Å². The van der Waals surface area contributed by atoms with Crippen LogP contribution in [0.2, 0.25) is 0 Å². The summed E-state index contributed by atoms with van der Waals surface area (Å²) in [5.41, 5.74) is 1.07. The number of hydrogen-bond donors (Lipinski definition) is 2. The topological polar surface area (TPSA) is 84.2 Å². The zero-order valence-corrected chi connectivity index (χ0v) is 12.7. The number of benzene rings is 1. The summed E-state index contributed by atoms with van der Waals surface area (Å²) in [4.78, 5) is 28.6. The maximum absolute atomic E-state index is 12.4. The Morgan fingerprint density at radius 2 is 1.79 bits per heavy atom. The highest BCUT2D eigenvalue weighted by atomic mass is 16.3. The lowest BCUT2D eigenvalue weighted by molar-refractivity contribution is 0.0949. The van der Waals surface area contributed by atoms with Crippen molar-refractivity contribution >= 4 is 17.5 Å². The minimum atomic E-state index is -0.373. The van der Waals surface area contributed by atoms with Crippen LogP contribution in [-0.4, -0.2) is 16.8 Å². The Bertz CT molecular complexity index is 830. The van der Waals surface area contributed by atoms with E-state index in [9.17, 15) is 9.59 Å². The van der Waals surface area contributed by atoms with Gasteiger partial charge in [0.1, 0.15) is 11.5 Å². The molecule has 2 amide bonds. The van der Waals surface area contributed by atoms with Gasteiger partial charge in [0.05, 0.1) is 24.1 Å². The van der Waals surface area contributed by atoms with Gasteiger partial charge in [0.15, 0.2) is 0 Å². The molecule has 0 fully saturated rings. The van der Waals surface area contributed by atoms with Gasteiger partial charge in [-0.2, -0.15) is 0 Å². The van der Waals surface area contributed by atoms with Crippen molar-refractivity contribution in [1.82, 2.24) is 10.3 Å².